The van der Waals surface area contributed by atoms with Gasteiger partial charge in [-0.15, -0.1) is 0 Å². The molecule has 2 aromatic carbocycles. The first kappa shape index (κ1) is 17.7. The van der Waals surface area contributed by atoms with Gasteiger partial charge in [0, 0.05) is 5.56 Å². The molecule has 0 fully saturated rings. The predicted octanol–water partition coefficient (Wildman–Crippen LogP) is 3.41. The van der Waals surface area contributed by atoms with E-state index in [0.29, 0.717) is 17.9 Å². The van der Waals surface area contributed by atoms with Gasteiger partial charge >= 0.3 is 0 Å². The van der Waals surface area contributed by atoms with Gasteiger partial charge in [-0.3, -0.25) is 14.9 Å². The number of hydrogen-bond donors (Lipinski definition) is 3. The average molecular weight is 350 g/mol. The Morgan fingerprint density at radius 2 is 1.85 bits per heavy atom. The molecule has 1 aromatic heterocycles. The molecular weight excluding hydrogens is 328 g/mol. The van der Waals surface area contributed by atoms with Gasteiger partial charge in [-0.1, -0.05) is 43.2 Å². The number of aryl methyl sites for hydroxylation is 1. The summed E-state index contributed by atoms with van der Waals surface area (Å²) in [6.45, 7) is 3.93. The molecule has 0 spiro atoms. The van der Waals surface area contributed by atoms with Crippen LogP contribution in [0.4, 0.5) is 5.95 Å². The van der Waals surface area contributed by atoms with E-state index in [4.69, 9.17) is 0 Å². The van der Waals surface area contributed by atoms with Gasteiger partial charge < -0.3 is 10.3 Å². The van der Waals surface area contributed by atoms with Crippen LogP contribution in [0.3, 0.4) is 0 Å². The van der Waals surface area contributed by atoms with E-state index in [9.17, 15) is 9.59 Å². The number of aromatic amines is 1. The third-order valence-corrected chi connectivity index (χ3v) is 4.14. The molecule has 134 valence electrons. The molecule has 0 radical (unpaired) electrons. The van der Waals surface area contributed by atoms with Crippen molar-refractivity contribution < 1.29 is 9.59 Å². The Bertz CT molecular complexity index is 882. The number of rotatable bonds is 6. The predicted molar refractivity (Wildman–Crippen MR) is 102 cm³/mol. The second kappa shape index (κ2) is 7.82. The van der Waals surface area contributed by atoms with E-state index in [2.05, 4.69) is 20.6 Å². The molecule has 0 saturated carbocycles. The first-order chi connectivity index (χ1) is 12.6. The molecule has 6 heteroatoms. The molecule has 26 heavy (non-hydrogen) atoms. The smallest absolute Gasteiger partial charge is 0.251 e. The molecular formula is C20H22N4O2. The topological polar surface area (TPSA) is 86.9 Å². The van der Waals surface area contributed by atoms with Crippen LogP contribution < -0.4 is 10.6 Å². The molecule has 0 aliphatic rings. The number of anilines is 1. The summed E-state index contributed by atoms with van der Waals surface area (Å²) in [6, 6.07) is 14.2. The molecule has 0 aliphatic heterocycles. The van der Waals surface area contributed by atoms with Crippen molar-refractivity contribution in [2.45, 2.75) is 32.7 Å². The molecule has 6 nitrogen and oxygen atoms in total. The van der Waals surface area contributed by atoms with E-state index < -0.39 is 6.04 Å². The van der Waals surface area contributed by atoms with Crippen molar-refractivity contribution in [3.8, 4) is 0 Å². The highest BCUT2D eigenvalue weighted by atomic mass is 16.2. The lowest BCUT2D eigenvalue weighted by molar-refractivity contribution is -0.118. The molecule has 1 unspecified atom stereocenters. The van der Waals surface area contributed by atoms with Crippen molar-refractivity contribution in [1.29, 1.82) is 0 Å². The molecule has 0 saturated heterocycles. The Morgan fingerprint density at radius 1 is 1.12 bits per heavy atom. The second-order valence-corrected chi connectivity index (χ2v) is 6.27. The normalized spacial score (nSPS) is 11.9. The van der Waals surface area contributed by atoms with Crippen molar-refractivity contribution in [3.05, 3.63) is 59.7 Å². The van der Waals surface area contributed by atoms with E-state index in [0.717, 1.165) is 23.0 Å². The number of nitrogens with one attached hydrogen (secondary N) is 3. The number of para-hydroxylation sites is 2. The van der Waals surface area contributed by atoms with Crippen molar-refractivity contribution in [2.75, 3.05) is 5.32 Å². The Kier molecular flexibility index (Phi) is 5.31. The standard InChI is InChI=1S/C20H22N4O2/c1-3-6-17(21-18(25)14-11-9-13(2)10-12-14)19(26)24-20-22-15-7-4-5-8-16(15)23-20/h4-5,7-12,17H,3,6H2,1-2H3,(H,21,25)(H2,22,23,24,26). The van der Waals surface area contributed by atoms with E-state index in [1.165, 1.54) is 0 Å². The number of aromatic nitrogens is 2. The summed E-state index contributed by atoms with van der Waals surface area (Å²) in [5.74, 6) is -0.170. The summed E-state index contributed by atoms with van der Waals surface area (Å²) < 4.78 is 0. The van der Waals surface area contributed by atoms with Crippen LogP contribution in [0.5, 0.6) is 0 Å². The van der Waals surface area contributed by atoms with Gasteiger partial charge in [0.25, 0.3) is 5.91 Å². The molecule has 3 N–H and O–H groups in total. The van der Waals surface area contributed by atoms with Crippen LogP contribution >= 0.6 is 0 Å². The SMILES string of the molecule is CCCC(NC(=O)c1ccc(C)cc1)C(=O)Nc1nc2ccccc2[nH]1. The first-order valence-electron chi connectivity index (χ1n) is 8.70. The largest absolute Gasteiger partial charge is 0.340 e. The van der Waals surface area contributed by atoms with Gasteiger partial charge in [0.1, 0.15) is 6.04 Å². The highest BCUT2D eigenvalue weighted by molar-refractivity contribution is 6.01. The van der Waals surface area contributed by atoms with E-state index in [1.807, 2.05) is 50.2 Å². The number of fused-ring (bicyclic) bond motifs is 1. The zero-order valence-electron chi connectivity index (χ0n) is 14.9. The minimum atomic E-state index is -0.623. The third-order valence-electron chi connectivity index (χ3n) is 4.14. The lowest BCUT2D eigenvalue weighted by Crippen LogP contribution is -2.43. The van der Waals surface area contributed by atoms with Gasteiger partial charge in [-0.05, 0) is 37.6 Å². The monoisotopic (exact) mass is 350 g/mol. The van der Waals surface area contributed by atoms with Gasteiger partial charge in [0.05, 0.1) is 11.0 Å². The van der Waals surface area contributed by atoms with Crippen molar-refractivity contribution >= 4 is 28.8 Å². The molecule has 0 bridgehead atoms. The number of carbonyl (C=O) groups excluding carboxylic acids is 2. The van der Waals surface area contributed by atoms with Crippen LogP contribution in [0, 0.1) is 6.92 Å². The fraction of sp³-hybridized carbons (Fsp3) is 0.250. The molecule has 0 aliphatic carbocycles. The summed E-state index contributed by atoms with van der Waals surface area (Å²) in [6.07, 6.45) is 1.32. The maximum atomic E-state index is 12.6. The summed E-state index contributed by atoms with van der Waals surface area (Å²) in [5, 5.41) is 5.58. The lowest BCUT2D eigenvalue weighted by atomic mass is 10.1. The van der Waals surface area contributed by atoms with E-state index in [-0.39, 0.29) is 11.8 Å². The maximum absolute atomic E-state index is 12.6. The Labute approximate surface area is 152 Å². The highest BCUT2D eigenvalue weighted by Crippen LogP contribution is 2.14. The Balaban J connectivity index is 1.70. The van der Waals surface area contributed by atoms with Gasteiger partial charge in [0.15, 0.2) is 0 Å². The summed E-state index contributed by atoms with van der Waals surface area (Å²) in [7, 11) is 0. The third kappa shape index (κ3) is 4.08. The minimum Gasteiger partial charge on any atom is -0.340 e. The van der Waals surface area contributed by atoms with Crippen LogP contribution in [0.2, 0.25) is 0 Å². The van der Waals surface area contributed by atoms with Crippen LogP contribution in [-0.2, 0) is 4.79 Å². The Hall–Kier alpha value is -3.15. The number of hydrogen-bond acceptors (Lipinski definition) is 3. The van der Waals surface area contributed by atoms with E-state index in [1.54, 1.807) is 12.1 Å². The average Bonchev–Trinajstić information content (AvgIpc) is 3.04. The summed E-state index contributed by atoms with van der Waals surface area (Å²) >= 11 is 0. The number of H-pyrrole nitrogens is 1. The highest BCUT2D eigenvalue weighted by Gasteiger charge is 2.21. The number of benzene rings is 2. The number of amides is 2. The van der Waals surface area contributed by atoms with Crippen molar-refractivity contribution in [1.82, 2.24) is 15.3 Å². The van der Waals surface area contributed by atoms with Gasteiger partial charge in [-0.25, -0.2) is 4.98 Å². The molecule has 2 amide bonds. The number of imidazole rings is 1. The molecule has 1 heterocycles. The number of nitrogens with zero attached hydrogens (tertiary/aromatic N) is 1. The molecule has 3 aromatic rings. The van der Waals surface area contributed by atoms with Crippen molar-refractivity contribution in [2.24, 2.45) is 0 Å². The minimum absolute atomic E-state index is 0.261. The fourth-order valence-corrected chi connectivity index (χ4v) is 2.72. The van der Waals surface area contributed by atoms with Crippen LogP contribution in [0.25, 0.3) is 11.0 Å². The maximum Gasteiger partial charge on any atom is 0.251 e. The van der Waals surface area contributed by atoms with Gasteiger partial charge in [0.2, 0.25) is 11.9 Å². The van der Waals surface area contributed by atoms with Crippen LogP contribution in [0.1, 0.15) is 35.7 Å². The molecule has 3 rings (SSSR count). The quantitative estimate of drug-likeness (QED) is 0.637. The lowest BCUT2D eigenvalue weighted by Gasteiger charge is -2.17. The first-order valence-corrected chi connectivity index (χ1v) is 8.70. The summed E-state index contributed by atoms with van der Waals surface area (Å²) in [5.41, 5.74) is 3.24. The fourth-order valence-electron chi connectivity index (χ4n) is 2.72. The second-order valence-electron chi connectivity index (χ2n) is 6.27. The number of carbonyl (C=O) groups is 2. The van der Waals surface area contributed by atoms with Crippen LogP contribution in [0.15, 0.2) is 48.5 Å². The van der Waals surface area contributed by atoms with Crippen LogP contribution in [-0.4, -0.2) is 27.8 Å². The Morgan fingerprint density at radius 3 is 2.54 bits per heavy atom. The summed E-state index contributed by atoms with van der Waals surface area (Å²) in [4.78, 5) is 32.4. The molecule has 1 atom stereocenters. The van der Waals surface area contributed by atoms with Gasteiger partial charge in [-0.2, -0.15) is 0 Å². The zero-order chi connectivity index (χ0) is 18.5. The zero-order valence-corrected chi connectivity index (χ0v) is 14.9. The van der Waals surface area contributed by atoms with E-state index >= 15 is 0 Å². The van der Waals surface area contributed by atoms with Crippen molar-refractivity contribution in [3.63, 3.8) is 0 Å².